The largest absolute Gasteiger partial charge is 0.394 e. The van der Waals surface area contributed by atoms with E-state index in [0.717, 1.165) is 0 Å². The number of benzene rings is 2. The van der Waals surface area contributed by atoms with Crippen molar-refractivity contribution in [2.75, 3.05) is 13.2 Å². The summed E-state index contributed by atoms with van der Waals surface area (Å²) >= 11 is 0. The minimum atomic E-state index is -1.25. The maximum Gasteiger partial charge on any atom is 0.122 e. The summed E-state index contributed by atoms with van der Waals surface area (Å²) in [4.78, 5) is 0. The molecular formula is C22H30O5. The molecule has 5 nitrogen and oxygen atoms in total. The number of rotatable bonds is 10. The van der Waals surface area contributed by atoms with Crippen LogP contribution < -0.4 is 0 Å². The van der Waals surface area contributed by atoms with Gasteiger partial charge in [0, 0.05) is 0 Å². The van der Waals surface area contributed by atoms with E-state index in [1.165, 1.54) is 0 Å². The molecule has 4 unspecified atom stereocenters. The lowest BCUT2D eigenvalue weighted by molar-refractivity contribution is -0.257. The van der Waals surface area contributed by atoms with E-state index in [-0.39, 0.29) is 0 Å². The summed E-state index contributed by atoms with van der Waals surface area (Å²) in [5.41, 5.74) is -1.10. The van der Waals surface area contributed by atoms with Gasteiger partial charge in [0.05, 0.1) is 13.2 Å². The highest BCUT2D eigenvalue weighted by Gasteiger charge is 2.49. The number of aliphatic hydroxyl groups excluding tert-OH is 4. The van der Waals surface area contributed by atoms with Gasteiger partial charge in [0.2, 0.25) is 0 Å². The van der Waals surface area contributed by atoms with E-state index in [1.54, 1.807) is 0 Å². The molecular weight excluding hydrogens is 344 g/mol. The molecule has 0 aromatic heterocycles. The molecule has 0 aliphatic rings. The summed E-state index contributed by atoms with van der Waals surface area (Å²) in [5, 5.41) is 41.0. The Morgan fingerprint density at radius 1 is 0.704 bits per heavy atom. The fourth-order valence-electron chi connectivity index (χ4n) is 3.72. The summed E-state index contributed by atoms with van der Waals surface area (Å²) in [6, 6.07) is 18.4. The summed E-state index contributed by atoms with van der Waals surface area (Å²) in [7, 11) is 0. The smallest absolute Gasteiger partial charge is 0.122 e. The van der Waals surface area contributed by atoms with Crippen molar-refractivity contribution < 1.29 is 25.2 Å². The quantitative estimate of drug-likeness (QED) is 0.512. The molecule has 2 aromatic carbocycles. The van der Waals surface area contributed by atoms with Crippen LogP contribution in [0.3, 0.4) is 0 Å². The van der Waals surface area contributed by atoms with E-state index in [9.17, 15) is 20.4 Å². The van der Waals surface area contributed by atoms with Crippen molar-refractivity contribution in [1.82, 2.24) is 0 Å². The Balaban J connectivity index is 2.66. The average Bonchev–Trinajstić information content (AvgIpc) is 2.75. The van der Waals surface area contributed by atoms with E-state index < -0.39 is 36.6 Å². The van der Waals surface area contributed by atoms with Gasteiger partial charge in [0.1, 0.15) is 23.4 Å². The molecule has 2 aromatic rings. The predicted octanol–water partition coefficient (Wildman–Crippen LogP) is 2.32. The third-order valence-electron chi connectivity index (χ3n) is 5.36. The van der Waals surface area contributed by atoms with E-state index in [0.29, 0.717) is 24.0 Å². The lowest BCUT2D eigenvalue weighted by Gasteiger charge is -2.47. The van der Waals surface area contributed by atoms with Gasteiger partial charge >= 0.3 is 0 Å². The van der Waals surface area contributed by atoms with Crippen molar-refractivity contribution in [3.63, 3.8) is 0 Å². The van der Waals surface area contributed by atoms with E-state index in [4.69, 9.17) is 4.74 Å². The van der Waals surface area contributed by atoms with Gasteiger partial charge in [0.15, 0.2) is 0 Å². The second kappa shape index (κ2) is 9.44. The average molecular weight is 374 g/mol. The number of aliphatic hydroxyl groups is 4. The predicted molar refractivity (Wildman–Crippen MR) is 104 cm³/mol. The standard InChI is InChI=1S/C22H30O5/c1-3-21(19(25)15-23,17-11-7-5-8-12-17)27-22(4-2,20(26)16-24)18-13-9-6-10-14-18/h5-14,19-20,23-26H,3-4,15-16H2,1-2H3. The minimum absolute atomic E-state index is 0.367. The summed E-state index contributed by atoms with van der Waals surface area (Å²) in [5.74, 6) is 0. The van der Waals surface area contributed by atoms with Gasteiger partial charge in [-0.25, -0.2) is 0 Å². The molecule has 4 atom stereocenters. The lowest BCUT2D eigenvalue weighted by Crippen LogP contribution is -2.54. The van der Waals surface area contributed by atoms with Gasteiger partial charge in [-0.3, -0.25) is 0 Å². The van der Waals surface area contributed by atoms with E-state index in [1.807, 2.05) is 74.5 Å². The molecule has 2 rings (SSSR count). The molecule has 148 valence electrons. The number of ether oxygens (including phenoxy) is 1. The van der Waals surface area contributed by atoms with Gasteiger partial charge < -0.3 is 25.2 Å². The first kappa shape index (κ1) is 21.5. The normalized spacial score (nSPS) is 18.3. The third kappa shape index (κ3) is 4.08. The first-order chi connectivity index (χ1) is 13.0. The van der Waals surface area contributed by atoms with E-state index in [2.05, 4.69) is 0 Å². The van der Waals surface area contributed by atoms with Gasteiger partial charge in [-0.2, -0.15) is 0 Å². The van der Waals surface area contributed by atoms with Crippen molar-refractivity contribution in [3.05, 3.63) is 71.8 Å². The number of hydrogen-bond acceptors (Lipinski definition) is 5. The Bertz CT molecular complexity index is 618. The van der Waals surface area contributed by atoms with E-state index >= 15 is 0 Å². The zero-order chi connectivity index (χ0) is 19.9. The van der Waals surface area contributed by atoms with Crippen LogP contribution in [0.1, 0.15) is 37.8 Å². The molecule has 27 heavy (non-hydrogen) atoms. The van der Waals surface area contributed by atoms with Crippen molar-refractivity contribution in [3.8, 4) is 0 Å². The first-order valence-electron chi connectivity index (χ1n) is 9.39. The molecule has 0 saturated carbocycles. The maximum atomic E-state index is 10.8. The van der Waals surface area contributed by atoms with Crippen LogP contribution >= 0.6 is 0 Å². The molecule has 0 aliphatic heterocycles. The van der Waals surface area contributed by atoms with Crippen LogP contribution in [0.5, 0.6) is 0 Å². The van der Waals surface area contributed by atoms with Crippen molar-refractivity contribution in [2.45, 2.75) is 50.1 Å². The van der Waals surface area contributed by atoms with Crippen LogP contribution in [0.25, 0.3) is 0 Å². The fourth-order valence-corrected chi connectivity index (χ4v) is 3.72. The molecule has 5 heteroatoms. The Morgan fingerprint density at radius 2 is 1.04 bits per heavy atom. The minimum Gasteiger partial charge on any atom is -0.394 e. The Morgan fingerprint density at radius 3 is 1.30 bits per heavy atom. The van der Waals surface area contributed by atoms with Crippen LogP contribution in [-0.4, -0.2) is 45.8 Å². The molecule has 0 heterocycles. The highest BCUT2D eigenvalue weighted by Crippen LogP contribution is 2.44. The summed E-state index contributed by atoms with van der Waals surface area (Å²) < 4.78 is 6.58. The fraction of sp³-hybridized carbons (Fsp3) is 0.455. The molecule has 0 bridgehead atoms. The third-order valence-corrected chi connectivity index (χ3v) is 5.36. The molecule has 0 radical (unpaired) electrons. The lowest BCUT2D eigenvalue weighted by atomic mass is 9.80. The Kier molecular flexibility index (Phi) is 7.53. The second-order valence-electron chi connectivity index (χ2n) is 6.72. The van der Waals surface area contributed by atoms with Gasteiger partial charge in [-0.1, -0.05) is 74.5 Å². The van der Waals surface area contributed by atoms with Crippen molar-refractivity contribution >= 4 is 0 Å². The SMILES string of the molecule is CCC(OC(CC)(c1ccccc1)C(O)CO)(c1ccccc1)C(O)CO. The monoisotopic (exact) mass is 374 g/mol. The van der Waals surface area contributed by atoms with Crippen molar-refractivity contribution in [1.29, 1.82) is 0 Å². The molecule has 0 saturated heterocycles. The Labute approximate surface area is 160 Å². The zero-order valence-corrected chi connectivity index (χ0v) is 16.0. The van der Waals surface area contributed by atoms with Crippen LogP contribution in [0.15, 0.2) is 60.7 Å². The molecule has 0 amide bonds. The molecule has 0 aliphatic carbocycles. The van der Waals surface area contributed by atoms with Crippen LogP contribution in [0.2, 0.25) is 0 Å². The highest BCUT2D eigenvalue weighted by atomic mass is 16.6. The van der Waals surface area contributed by atoms with Crippen LogP contribution in [0, 0.1) is 0 Å². The van der Waals surface area contributed by atoms with Crippen LogP contribution in [-0.2, 0) is 15.9 Å². The second-order valence-corrected chi connectivity index (χ2v) is 6.72. The van der Waals surface area contributed by atoms with Gasteiger partial charge in [0.25, 0.3) is 0 Å². The zero-order valence-electron chi connectivity index (χ0n) is 16.0. The molecule has 4 N–H and O–H groups in total. The van der Waals surface area contributed by atoms with Gasteiger partial charge in [-0.05, 0) is 24.0 Å². The van der Waals surface area contributed by atoms with Gasteiger partial charge in [-0.15, -0.1) is 0 Å². The molecule has 0 fully saturated rings. The molecule has 0 spiro atoms. The highest BCUT2D eigenvalue weighted by molar-refractivity contribution is 5.28. The first-order valence-corrected chi connectivity index (χ1v) is 9.39. The summed E-state index contributed by atoms with van der Waals surface area (Å²) in [6.07, 6.45) is -1.67. The summed E-state index contributed by atoms with van der Waals surface area (Å²) in [6.45, 7) is 2.74. The Hall–Kier alpha value is -1.76. The topological polar surface area (TPSA) is 90.2 Å². The number of hydrogen-bond donors (Lipinski definition) is 4. The van der Waals surface area contributed by atoms with Crippen molar-refractivity contribution in [2.24, 2.45) is 0 Å². The maximum absolute atomic E-state index is 10.8. The van der Waals surface area contributed by atoms with Crippen LogP contribution in [0.4, 0.5) is 0 Å².